The molecule has 2 rings (SSSR count). The van der Waals surface area contributed by atoms with Gasteiger partial charge < -0.3 is 10.1 Å². The van der Waals surface area contributed by atoms with Gasteiger partial charge in [0.05, 0.1) is 0 Å². The highest BCUT2D eigenvalue weighted by atomic mass is 16.5. The first-order valence-electron chi connectivity index (χ1n) is 6.80. The second-order valence-electron chi connectivity index (χ2n) is 5.31. The van der Waals surface area contributed by atoms with Crippen molar-refractivity contribution in [3.63, 3.8) is 0 Å². The van der Waals surface area contributed by atoms with E-state index in [-0.39, 0.29) is 0 Å². The molecule has 2 saturated heterocycles. The SMILES string of the molecule is CNC1CCCN(C(C)C2CCOCC2)C1. The number of ether oxygens (including phenoxy) is 1. The van der Waals surface area contributed by atoms with E-state index in [0.29, 0.717) is 6.04 Å². The molecule has 2 aliphatic heterocycles. The molecule has 94 valence electrons. The van der Waals surface area contributed by atoms with Gasteiger partial charge in [-0.25, -0.2) is 0 Å². The van der Waals surface area contributed by atoms with E-state index < -0.39 is 0 Å². The minimum absolute atomic E-state index is 0.705. The minimum atomic E-state index is 0.705. The summed E-state index contributed by atoms with van der Waals surface area (Å²) in [4.78, 5) is 2.68. The summed E-state index contributed by atoms with van der Waals surface area (Å²) in [6.07, 6.45) is 5.19. The first kappa shape index (κ1) is 12.3. The molecule has 3 nitrogen and oxygen atoms in total. The second-order valence-corrected chi connectivity index (χ2v) is 5.31. The Morgan fingerprint density at radius 1 is 1.25 bits per heavy atom. The van der Waals surface area contributed by atoms with Gasteiger partial charge in [-0.1, -0.05) is 0 Å². The Balaban J connectivity index is 1.84. The van der Waals surface area contributed by atoms with Crippen LogP contribution in [0, 0.1) is 5.92 Å². The zero-order valence-corrected chi connectivity index (χ0v) is 10.7. The van der Waals surface area contributed by atoms with Gasteiger partial charge in [0.2, 0.25) is 0 Å². The lowest BCUT2D eigenvalue weighted by atomic mass is 9.90. The van der Waals surface area contributed by atoms with E-state index in [4.69, 9.17) is 4.74 Å². The predicted octanol–water partition coefficient (Wildman–Crippen LogP) is 1.49. The highest BCUT2D eigenvalue weighted by molar-refractivity contribution is 4.84. The van der Waals surface area contributed by atoms with Crippen molar-refractivity contribution in [3.05, 3.63) is 0 Å². The number of nitrogens with one attached hydrogen (secondary N) is 1. The third kappa shape index (κ3) is 2.96. The lowest BCUT2D eigenvalue weighted by molar-refractivity contribution is 0.0219. The van der Waals surface area contributed by atoms with E-state index in [1.54, 1.807) is 0 Å². The monoisotopic (exact) mass is 226 g/mol. The van der Waals surface area contributed by atoms with Gasteiger partial charge in [0.25, 0.3) is 0 Å². The number of nitrogens with zero attached hydrogens (tertiary/aromatic N) is 1. The summed E-state index contributed by atoms with van der Waals surface area (Å²) in [5, 5.41) is 3.43. The maximum atomic E-state index is 5.45. The number of piperidine rings is 1. The van der Waals surface area contributed by atoms with Crippen molar-refractivity contribution >= 4 is 0 Å². The maximum absolute atomic E-state index is 5.45. The zero-order valence-electron chi connectivity index (χ0n) is 10.7. The second kappa shape index (κ2) is 5.99. The molecule has 16 heavy (non-hydrogen) atoms. The van der Waals surface area contributed by atoms with Crippen molar-refractivity contribution in [2.45, 2.75) is 44.7 Å². The van der Waals surface area contributed by atoms with Crippen molar-refractivity contribution in [2.24, 2.45) is 5.92 Å². The summed E-state index contributed by atoms with van der Waals surface area (Å²) >= 11 is 0. The third-order valence-electron chi connectivity index (χ3n) is 4.39. The molecule has 0 amide bonds. The molecule has 2 fully saturated rings. The Kier molecular flexibility index (Phi) is 4.62. The molecular weight excluding hydrogens is 200 g/mol. The van der Waals surface area contributed by atoms with E-state index in [1.807, 2.05) is 0 Å². The number of rotatable bonds is 3. The Hall–Kier alpha value is -0.120. The van der Waals surface area contributed by atoms with Crippen LogP contribution in [0.1, 0.15) is 32.6 Å². The Labute approximate surface area is 99.5 Å². The Morgan fingerprint density at radius 2 is 2.00 bits per heavy atom. The molecule has 1 N–H and O–H groups in total. The van der Waals surface area contributed by atoms with Gasteiger partial charge in [-0.15, -0.1) is 0 Å². The third-order valence-corrected chi connectivity index (χ3v) is 4.39. The maximum Gasteiger partial charge on any atom is 0.0469 e. The van der Waals surface area contributed by atoms with E-state index in [1.165, 1.54) is 38.8 Å². The van der Waals surface area contributed by atoms with Crippen LogP contribution in [0.3, 0.4) is 0 Å². The normalized spacial score (nSPS) is 31.5. The van der Waals surface area contributed by atoms with E-state index in [2.05, 4.69) is 24.2 Å². The quantitative estimate of drug-likeness (QED) is 0.789. The van der Waals surface area contributed by atoms with Crippen LogP contribution < -0.4 is 5.32 Å². The molecule has 0 aromatic heterocycles. The molecule has 2 unspecified atom stereocenters. The fourth-order valence-electron chi connectivity index (χ4n) is 3.11. The summed E-state index contributed by atoms with van der Waals surface area (Å²) < 4.78 is 5.45. The summed E-state index contributed by atoms with van der Waals surface area (Å²) in [6.45, 7) is 6.87. The van der Waals surface area contributed by atoms with Crippen LogP contribution >= 0.6 is 0 Å². The Bertz CT molecular complexity index is 204. The molecule has 2 atom stereocenters. The van der Waals surface area contributed by atoms with Crippen molar-refractivity contribution < 1.29 is 4.74 Å². The number of hydrogen-bond acceptors (Lipinski definition) is 3. The van der Waals surface area contributed by atoms with Crippen LogP contribution in [0.2, 0.25) is 0 Å². The number of likely N-dealkylation sites (N-methyl/N-ethyl adjacent to an activating group) is 1. The lowest BCUT2D eigenvalue weighted by Gasteiger charge is -2.41. The average Bonchev–Trinajstić information content (AvgIpc) is 2.39. The van der Waals surface area contributed by atoms with E-state index >= 15 is 0 Å². The fourth-order valence-corrected chi connectivity index (χ4v) is 3.11. The highest BCUT2D eigenvalue weighted by Crippen LogP contribution is 2.24. The van der Waals surface area contributed by atoms with Crippen LogP contribution in [0.4, 0.5) is 0 Å². The lowest BCUT2D eigenvalue weighted by Crippen LogP contribution is -2.50. The highest BCUT2D eigenvalue weighted by Gasteiger charge is 2.28. The van der Waals surface area contributed by atoms with Gasteiger partial charge in [0.1, 0.15) is 0 Å². The van der Waals surface area contributed by atoms with Gasteiger partial charge in [-0.3, -0.25) is 4.90 Å². The van der Waals surface area contributed by atoms with Gasteiger partial charge in [-0.2, -0.15) is 0 Å². The first-order chi connectivity index (χ1) is 7.81. The standard InChI is InChI=1S/C13H26N2O/c1-11(12-5-8-16-9-6-12)15-7-3-4-13(10-15)14-2/h11-14H,3-10H2,1-2H3. The first-order valence-corrected chi connectivity index (χ1v) is 6.80. The van der Waals surface area contributed by atoms with Crippen molar-refractivity contribution in [1.29, 1.82) is 0 Å². The van der Waals surface area contributed by atoms with Gasteiger partial charge in [0, 0.05) is 31.8 Å². The molecular formula is C13H26N2O. The zero-order chi connectivity index (χ0) is 11.4. The molecule has 0 bridgehead atoms. The fraction of sp³-hybridized carbons (Fsp3) is 1.00. The van der Waals surface area contributed by atoms with Crippen molar-refractivity contribution in [2.75, 3.05) is 33.4 Å². The topological polar surface area (TPSA) is 24.5 Å². The number of hydrogen-bond donors (Lipinski definition) is 1. The molecule has 2 aliphatic rings. The molecule has 0 aromatic rings. The predicted molar refractivity (Wildman–Crippen MR) is 66.7 cm³/mol. The van der Waals surface area contributed by atoms with Gasteiger partial charge in [-0.05, 0) is 52.1 Å². The summed E-state index contributed by atoms with van der Waals surface area (Å²) in [5.74, 6) is 0.851. The van der Waals surface area contributed by atoms with Crippen molar-refractivity contribution in [3.8, 4) is 0 Å². The van der Waals surface area contributed by atoms with Crippen LogP contribution in [0.5, 0.6) is 0 Å². The molecule has 0 radical (unpaired) electrons. The largest absolute Gasteiger partial charge is 0.381 e. The molecule has 3 heteroatoms. The van der Waals surface area contributed by atoms with Crippen LogP contribution in [0.15, 0.2) is 0 Å². The molecule has 0 aromatic carbocycles. The van der Waals surface area contributed by atoms with Gasteiger partial charge >= 0.3 is 0 Å². The average molecular weight is 226 g/mol. The van der Waals surface area contributed by atoms with Crippen molar-refractivity contribution in [1.82, 2.24) is 10.2 Å². The summed E-state index contributed by atoms with van der Waals surface area (Å²) in [6, 6.07) is 1.44. The van der Waals surface area contributed by atoms with E-state index in [0.717, 1.165) is 25.2 Å². The van der Waals surface area contributed by atoms with E-state index in [9.17, 15) is 0 Å². The molecule has 0 saturated carbocycles. The molecule has 0 spiro atoms. The summed E-state index contributed by atoms with van der Waals surface area (Å²) in [7, 11) is 2.09. The minimum Gasteiger partial charge on any atom is -0.381 e. The van der Waals surface area contributed by atoms with Gasteiger partial charge in [0.15, 0.2) is 0 Å². The van der Waals surface area contributed by atoms with Crippen LogP contribution in [0.25, 0.3) is 0 Å². The molecule has 2 heterocycles. The van der Waals surface area contributed by atoms with Crippen LogP contribution in [-0.4, -0.2) is 50.3 Å². The van der Waals surface area contributed by atoms with Crippen LogP contribution in [-0.2, 0) is 4.74 Å². The molecule has 0 aliphatic carbocycles. The summed E-state index contributed by atoms with van der Waals surface area (Å²) in [5.41, 5.74) is 0. The smallest absolute Gasteiger partial charge is 0.0469 e. The number of likely N-dealkylation sites (tertiary alicyclic amines) is 1. The Morgan fingerprint density at radius 3 is 2.69 bits per heavy atom.